The van der Waals surface area contributed by atoms with Gasteiger partial charge in [0.05, 0.1) is 16.5 Å². The lowest BCUT2D eigenvalue weighted by atomic mass is 9.88. The molecule has 2 fully saturated rings. The van der Waals surface area contributed by atoms with Gasteiger partial charge in [-0.2, -0.15) is 17.5 Å². The summed E-state index contributed by atoms with van der Waals surface area (Å²) in [6, 6.07) is 7.38. The average Bonchev–Trinajstić information content (AvgIpc) is 3.41. The fourth-order valence-electron chi connectivity index (χ4n) is 6.71. The molecule has 226 valence electrons. The molecule has 12 heteroatoms. The summed E-state index contributed by atoms with van der Waals surface area (Å²) in [5.74, 6) is -0.525. The Balaban J connectivity index is 1.30. The lowest BCUT2D eigenvalue weighted by Gasteiger charge is -2.42. The van der Waals surface area contributed by atoms with Crippen molar-refractivity contribution >= 4 is 15.9 Å². The van der Waals surface area contributed by atoms with Crippen LogP contribution in [0.3, 0.4) is 0 Å². The van der Waals surface area contributed by atoms with Crippen LogP contribution in [0, 0.1) is 5.92 Å². The number of aromatic nitrogens is 1. The first-order chi connectivity index (χ1) is 19.4. The van der Waals surface area contributed by atoms with E-state index in [4.69, 9.17) is 0 Å². The molecule has 1 saturated carbocycles. The van der Waals surface area contributed by atoms with Crippen molar-refractivity contribution in [2.75, 3.05) is 39.8 Å². The Bertz CT molecular complexity index is 1320. The highest BCUT2D eigenvalue weighted by molar-refractivity contribution is 7.89. The maximum absolute atomic E-state index is 13.8. The van der Waals surface area contributed by atoms with Gasteiger partial charge in [-0.3, -0.25) is 9.69 Å². The Labute approximate surface area is 240 Å². The lowest BCUT2D eigenvalue weighted by molar-refractivity contribution is -0.137. The van der Waals surface area contributed by atoms with Crippen molar-refractivity contribution in [2.45, 2.75) is 74.8 Å². The van der Waals surface area contributed by atoms with E-state index >= 15 is 0 Å². The number of likely N-dealkylation sites (N-methyl/N-ethyl adjacent to an activating group) is 1. The Kier molecular flexibility index (Phi) is 8.84. The number of piperazine rings is 1. The average molecular weight is 596 g/mol. The summed E-state index contributed by atoms with van der Waals surface area (Å²) in [7, 11) is -2.13. The molecule has 1 amide bonds. The maximum Gasteiger partial charge on any atom is 0.416 e. The third kappa shape index (κ3) is 6.65. The van der Waals surface area contributed by atoms with Crippen molar-refractivity contribution in [3.63, 3.8) is 0 Å². The first kappa shape index (κ1) is 30.1. The molecule has 2 aromatic rings. The summed E-state index contributed by atoms with van der Waals surface area (Å²) in [5.41, 5.74) is -0.273. The number of sulfonamides is 1. The summed E-state index contributed by atoms with van der Waals surface area (Å²) in [6.45, 7) is 6.50. The minimum absolute atomic E-state index is 0.0771. The van der Waals surface area contributed by atoms with E-state index in [0.717, 1.165) is 69.7 Å². The molecule has 4 atom stereocenters. The number of nitrogens with zero attached hydrogens (tertiary/aromatic N) is 4. The van der Waals surface area contributed by atoms with Gasteiger partial charge in [-0.15, -0.1) is 0 Å². The number of hydrogen-bond donors (Lipinski definition) is 1. The molecule has 0 spiro atoms. The molecule has 0 radical (unpaired) electrons. The van der Waals surface area contributed by atoms with E-state index in [2.05, 4.69) is 22.2 Å². The number of carbonyl (C=O) groups excluding carboxylic acids is 1. The second-order valence-electron chi connectivity index (χ2n) is 11.8. The number of alkyl halides is 3. The summed E-state index contributed by atoms with van der Waals surface area (Å²) >= 11 is 0. The molecule has 1 N–H and O–H groups in total. The van der Waals surface area contributed by atoms with Gasteiger partial charge in [0.15, 0.2) is 0 Å². The van der Waals surface area contributed by atoms with Gasteiger partial charge in [0.2, 0.25) is 15.9 Å². The van der Waals surface area contributed by atoms with Gasteiger partial charge < -0.3 is 14.8 Å². The topological polar surface area (TPSA) is 77.9 Å². The van der Waals surface area contributed by atoms with E-state index in [0.29, 0.717) is 18.7 Å². The molecule has 3 heterocycles. The second kappa shape index (κ2) is 12.1. The highest BCUT2D eigenvalue weighted by Crippen LogP contribution is 2.39. The molecule has 5 rings (SSSR count). The predicted molar refractivity (Wildman–Crippen MR) is 150 cm³/mol. The minimum atomic E-state index is -4.66. The zero-order valence-corrected chi connectivity index (χ0v) is 24.5. The van der Waals surface area contributed by atoms with Crippen molar-refractivity contribution in [1.82, 2.24) is 24.0 Å². The van der Waals surface area contributed by atoms with Gasteiger partial charge in [-0.1, -0.05) is 13.0 Å². The summed E-state index contributed by atoms with van der Waals surface area (Å²) in [5, 5.41) is 3.22. The van der Waals surface area contributed by atoms with Crippen LogP contribution in [0.4, 0.5) is 13.2 Å². The fourth-order valence-corrected chi connectivity index (χ4v) is 8.44. The molecular formula is C29H40F3N5O3S. The molecule has 0 bridgehead atoms. The van der Waals surface area contributed by atoms with Gasteiger partial charge in [0, 0.05) is 69.7 Å². The Morgan fingerprint density at radius 3 is 2.54 bits per heavy atom. The van der Waals surface area contributed by atoms with Crippen LogP contribution >= 0.6 is 0 Å². The van der Waals surface area contributed by atoms with Gasteiger partial charge in [0.1, 0.15) is 0 Å². The molecule has 4 unspecified atom stereocenters. The van der Waals surface area contributed by atoms with Gasteiger partial charge >= 0.3 is 6.18 Å². The van der Waals surface area contributed by atoms with Crippen LogP contribution in [-0.4, -0.2) is 84.9 Å². The molecule has 1 saturated heterocycles. The molecule has 41 heavy (non-hydrogen) atoms. The van der Waals surface area contributed by atoms with E-state index in [-0.39, 0.29) is 24.9 Å². The van der Waals surface area contributed by atoms with E-state index in [1.54, 1.807) is 0 Å². The quantitative estimate of drug-likeness (QED) is 0.525. The minimum Gasteiger partial charge on any atom is -0.353 e. The number of hydrogen-bond acceptors (Lipinski definition) is 5. The Morgan fingerprint density at radius 2 is 1.80 bits per heavy atom. The van der Waals surface area contributed by atoms with Crippen LogP contribution in [0.25, 0.3) is 0 Å². The van der Waals surface area contributed by atoms with Gasteiger partial charge in [-0.05, 0) is 69.0 Å². The van der Waals surface area contributed by atoms with Gasteiger partial charge in [-0.25, -0.2) is 8.42 Å². The first-order valence-electron chi connectivity index (χ1n) is 14.5. The number of rotatable bonds is 7. The van der Waals surface area contributed by atoms with Crippen molar-refractivity contribution in [3.05, 3.63) is 53.9 Å². The first-order valence-corrected chi connectivity index (χ1v) is 15.9. The van der Waals surface area contributed by atoms with Crippen LogP contribution < -0.4 is 5.32 Å². The lowest BCUT2D eigenvalue weighted by Crippen LogP contribution is -2.52. The molecule has 1 aromatic heterocycles. The Morgan fingerprint density at radius 1 is 1.05 bits per heavy atom. The normalized spacial score (nSPS) is 25.9. The standard InChI is InChI=1S/C29H40F3N5O3S/c1-21(18-27(38)33-23-7-4-8-24(20-23)35-14-12-34(2)13-15-35)28-26-10-5-11-36(26)16-17-37(28)41(39,40)25-9-3-6-22(19-25)29(30,31)32/h3,5-6,9-11,19,21,23-24,28H,4,7-8,12-18,20H2,1-2H3,(H,33,38). The monoisotopic (exact) mass is 595 g/mol. The zero-order chi connectivity index (χ0) is 29.4. The van der Waals surface area contributed by atoms with E-state index in [9.17, 15) is 26.4 Å². The highest BCUT2D eigenvalue weighted by atomic mass is 32.2. The Hall–Kier alpha value is -2.41. The van der Waals surface area contributed by atoms with Crippen LogP contribution in [0.15, 0.2) is 47.5 Å². The number of benzene rings is 1. The molecule has 2 aliphatic heterocycles. The third-order valence-electron chi connectivity index (χ3n) is 8.92. The largest absolute Gasteiger partial charge is 0.416 e. The van der Waals surface area contributed by atoms with E-state index < -0.39 is 38.6 Å². The zero-order valence-electron chi connectivity index (χ0n) is 23.7. The number of nitrogens with one attached hydrogen (secondary N) is 1. The number of fused-ring (bicyclic) bond motifs is 1. The highest BCUT2D eigenvalue weighted by Gasteiger charge is 2.41. The molecule has 8 nitrogen and oxygen atoms in total. The number of halogens is 3. The molecular weight excluding hydrogens is 555 g/mol. The van der Waals surface area contributed by atoms with Crippen LogP contribution in [-0.2, 0) is 27.5 Å². The third-order valence-corrected chi connectivity index (χ3v) is 10.8. The smallest absolute Gasteiger partial charge is 0.353 e. The molecule has 3 aliphatic rings. The predicted octanol–water partition coefficient (Wildman–Crippen LogP) is 3.95. The second-order valence-corrected chi connectivity index (χ2v) is 13.7. The van der Waals surface area contributed by atoms with Crippen LogP contribution in [0.2, 0.25) is 0 Å². The van der Waals surface area contributed by atoms with Crippen LogP contribution in [0.5, 0.6) is 0 Å². The number of amides is 1. The molecule has 1 aromatic carbocycles. The van der Waals surface area contributed by atoms with Crippen molar-refractivity contribution < 1.29 is 26.4 Å². The fraction of sp³-hybridized carbons (Fsp3) is 0.621. The maximum atomic E-state index is 13.8. The van der Waals surface area contributed by atoms with Crippen molar-refractivity contribution in [2.24, 2.45) is 5.92 Å². The van der Waals surface area contributed by atoms with Crippen molar-refractivity contribution in [3.8, 4) is 0 Å². The summed E-state index contributed by atoms with van der Waals surface area (Å²) < 4.78 is 70.9. The van der Waals surface area contributed by atoms with E-state index in [1.807, 2.05) is 29.8 Å². The van der Waals surface area contributed by atoms with Crippen LogP contribution in [0.1, 0.15) is 56.3 Å². The molecule has 1 aliphatic carbocycles. The SMILES string of the molecule is CC(CC(=O)NC1CCCC(N2CCN(C)CC2)C1)C1c2cccn2CCN1S(=O)(=O)c1cccc(C(F)(F)F)c1. The number of carbonyl (C=O) groups is 1. The van der Waals surface area contributed by atoms with E-state index in [1.165, 1.54) is 10.4 Å². The summed E-state index contributed by atoms with van der Waals surface area (Å²) in [6.07, 6.45) is 1.34. The summed E-state index contributed by atoms with van der Waals surface area (Å²) in [4.78, 5) is 17.8. The van der Waals surface area contributed by atoms with Crippen molar-refractivity contribution in [1.29, 1.82) is 0 Å². The van der Waals surface area contributed by atoms with Gasteiger partial charge in [0.25, 0.3) is 0 Å².